The van der Waals surface area contributed by atoms with Gasteiger partial charge in [0.25, 0.3) is 0 Å². The Morgan fingerprint density at radius 1 is 1.26 bits per heavy atom. The van der Waals surface area contributed by atoms with Gasteiger partial charge in [-0.3, -0.25) is 0 Å². The van der Waals surface area contributed by atoms with Crippen molar-refractivity contribution in [1.29, 1.82) is 0 Å². The van der Waals surface area contributed by atoms with Gasteiger partial charge in [0, 0.05) is 31.7 Å². The number of nitrogens with zero attached hydrogens (tertiary/aromatic N) is 1. The molecule has 19 heavy (non-hydrogen) atoms. The predicted molar refractivity (Wildman–Crippen MR) is 81.7 cm³/mol. The largest absolute Gasteiger partial charge is 0.312 e. The van der Waals surface area contributed by atoms with Crippen molar-refractivity contribution < 1.29 is 0 Å². The summed E-state index contributed by atoms with van der Waals surface area (Å²) in [5.74, 6) is 0. The molecule has 2 unspecified atom stereocenters. The number of nitrogens with one attached hydrogen (secondary N) is 2. The molecule has 1 aliphatic heterocycles. The fraction of sp³-hybridized carbons (Fsp3) is 0.625. The Morgan fingerprint density at radius 2 is 2.00 bits per heavy atom. The average molecular weight is 261 g/mol. The van der Waals surface area contributed by atoms with E-state index in [2.05, 4.69) is 62.5 Å². The van der Waals surface area contributed by atoms with Gasteiger partial charge in [-0.05, 0) is 57.1 Å². The Kier molecular flexibility index (Phi) is 4.61. The molecule has 3 nitrogen and oxygen atoms in total. The molecule has 1 saturated heterocycles. The second kappa shape index (κ2) is 6.04. The molecule has 1 aromatic rings. The van der Waals surface area contributed by atoms with Crippen molar-refractivity contribution in [3.63, 3.8) is 0 Å². The topological polar surface area (TPSA) is 27.3 Å². The Labute approximate surface area is 117 Å². The van der Waals surface area contributed by atoms with Crippen LogP contribution in [0.1, 0.15) is 28.3 Å². The summed E-state index contributed by atoms with van der Waals surface area (Å²) in [4.78, 5) is 2.40. The number of rotatable bonds is 3. The molecule has 0 aromatic heterocycles. The lowest BCUT2D eigenvalue weighted by Crippen LogP contribution is -2.54. The molecule has 2 N–H and O–H groups in total. The molecule has 1 aromatic carbocycles. The normalized spacial score (nSPS) is 22.5. The summed E-state index contributed by atoms with van der Waals surface area (Å²) in [6, 6.07) is 5.38. The zero-order valence-electron chi connectivity index (χ0n) is 12.9. The van der Waals surface area contributed by atoms with E-state index in [0.717, 1.165) is 19.6 Å². The highest BCUT2D eigenvalue weighted by atomic mass is 15.2. The summed E-state index contributed by atoms with van der Waals surface area (Å²) in [5.41, 5.74) is 5.65. The molecular weight excluding hydrogens is 234 g/mol. The fourth-order valence-electron chi connectivity index (χ4n) is 3.04. The standard InChI is InChI=1S/C16H27N3/c1-11-6-7-14(13(3)12(11)2)16(17-4)15-10-19(5)9-8-18-15/h6-7,15-18H,8-10H2,1-5H3. The molecule has 2 atom stereocenters. The highest BCUT2D eigenvalue weighted by Crippen LogP contribution is 2.26. The summed E-state index contributed by atoms with van der Waals surface area (Å²) in [5, 5.41) is 7.16. The molecular formula is C16H27N3. The number of hydrogen-bond acceptors (Lipinski definition) is 3. The van der Waals surface area contributed by atoms with Crippen molar-refractivity contribution in [2.75, 3.05) is 33.7 Å². The maximum absolute atomic E-state index is 3.66. The Hall–Kier alpha value is -0.900. The Morgan fingerprint density at radius 3 is 2.63 bits per heavy atom. The van der Waals surface area contributed by atoms with E-state index in [9.17, 15) is 0 Å². The third kappa shape index (κ3) is 2.99. The van der Waals surface area contributed by atoms with Gasteiger partial charge in [-0.25, -0.2) is 0 Å². The van der Waals surface area contributed by atoms with Crippen molar-refractivity contribution in [3.05, 3.63) is 34.4 Å². The first-order valence-corrected chi connectivity index (χ1v) is 7.20. The highest BCUT2D eigenvalue weighted by molar-refractivity contribution is 5.41. The van der Waals surface area contributed by atoms with Gasteiger partial charge in [-0.1, -0.05) is 12.1 Å². The summed E-state index contributed by atoms with van der Waals surface area (Å²) in [6.45, 7) is 9.96. The van der Waals surface area contributed by atoms with Gasteiger partial charge in [0.2, 0.25) is 0 Å². The number of piperazine rings is 1. The summed E-state index contributed by atoms with van der Waals surface area (Å²) in [7, 11) is 4.27. The van der Waals surface area contributed by atoms with Crippen molar-refractivity contribution in [2.24, 2.45) is 0 Å². The first-order chi connectivity index (χ1) is 9.04. The second-order valence-electron chi connectivity index (χ2n) is 5.81. The molecule has 0 amide bonds. The zero-order valence-corrected chi connectivity index (χ0v) is 12.9. The van der Waals surface area contributed by atoms with Crippen LogP contribution in [-0.4, -0.2) is 44.7 Å². The maximum Gasteiger partial charge on any atom is 0.0488 e. The summed E-state index contributed by atoms with van der Waals surface area (Å²) < 4.78 is 0. The molecule has 0 spiro atoms. The van der Waals surface area contributed by atoms with E-state index < -0.39 is 0 Å². The van der Waals surface area contributed by atoms with Crippen LogP contribution in [0.5, 0.6) is 0 Å². The average Bonchev–Trinajstić information content (AvgIpc) is 2.40. The van der Waals surface area contributed by atoms with Gasteiger partial charge < -0.3 is 15.5 Å². The number of benzene rings is 1. The van der Waals surface area contributed by atoms with Crippen LogP contribution in [0.2, 0.25) is 0 Å². The third-order valence-corrected chi connectivity index (χ3v) is 4.56. The van der Waals surface area contributed by atoms with E-state index >= 15 is 0 Å². The molecule has 0 radical (unpaired) electrons. The minimum Gasteiger partial charge on any atom is -0.312 e. The second-order valence-corrected chi connectivity index (χ2v) is 5.81. The van der Waals surface area contributed by atoms with Crippen LogP contribution in [0.25, 0.3) is 0 Å². The predicted octanol–water partition coefficient (Wildman–Crippen LogP) is 1.78. The van der Waals surface area contributed by atoms with Gasteiger partial charge >= 0.3 is 0 Å². The van der Waals surface area contributed by atoms with Gasteiger partial charge in [0.1, 0.15) is 0 Å². The SMILES string of the molecule is CNC(c1ccc(C)c(C)c1C)C1CN(C)CCN1. The van der Waals surface area contributed by atoms with E-state index in [1.165, 1.54) is 22.3 Å². The van der Waals surface area contributed by atoms with Crippen LogP contribution in [0.4, 0.5) is 0 Å². The van der Waals surface area contributed by atoms with Crippen LogP contribution in [0, 0.1) is 20.8 Å². The van der Waals surface area contributed by atoms with Crippen LogP contribution in [0.15, 0.2) is 12.1 Å². The van der Waals surface area contributed by atoms with E-state index in [0.29, 0.717) is 12.1 Å². The fourth-order valence-corrected chi connectivity index (χ4v) is 3.04. The van der Waals surface area contributed by atoms with Crippen molar-refractivity contribution in [2.45, 2.75) is 32.9 Å². The molecule has 1 aliphatic rings. The van der Waals surface area contributed by atoms with E-state index in [1.807, 2.05) is 0 Å². The summed E-state index contributed by atoms with van der Waals surface area (Å²) >= 11 is 0. The lowest BCUT2D eigenvalue weighted by atomic mass is 9.90. The first-order valence-electron chi connectivity index (χ1n) is 7.20. The van der Waals surface area contributed by atoms with Crippen molar-refractivity contribution >= 4 is 0 Å². The molecule has 2 rings (SSSR count). The molecule has 0 bridgehead atoms. The minimum atomic E-state index is 0.377. The number of aryl methyl sites for hydroxylation is 1. The zero-order chi connectivity index (χ0) is 14.0. The van der Waals surface area contributed by atoms with E-state index in [1.54, 1.807) is 0 Å². The third-order valence-electron chi connectivity index (χ3n) is 4.56. The maximum atomic E-state index is 3.66. The molecule has 106 valence electrons. The lowest BCUT2D eigenvalue weighted by Gasteiger charge is -2.37. The van der Waals surface area contributed by atoms with E-state index in [4.69, 9.17) is 0 Å². The number of hydrogen-bond donors (Lipinski definition) is 2. The van der Waals surface area contributed by atoms with Crippen molar-refractivity contribution in [3.8, 4) is 0 Å². The van der Waals surface area contributed by atoms with Gasteiger partial charge in [0.15, 0.2) is 0 Å². The molecule has 0 aliphatic carbocycles. The first kappa shape index (κ1) is 14.5. The quantitative estimate of drug-likeness (QED) is 0.868. The molecule has 1 fully saturated rings. The molecule has 1 heterocycles. The molecule has 0 saturated carbocycles. The smallest absolute Gasteiger partial charge is 0.0488 e. The minimum absolute atomic E-state index is 0.377. The highest BCUT2D eigenvalue weighted by Gasteiger charge is 2.26. The van der Waals surface area contributed by atoms with Gasteiger partial charge in [-0.15, -0.1) is 0 Å². The number of likely N-dealkylation sites (N-methyl/N-ethyl adjacent to an activating group) is 2. The van der Waals surface area contributed by atoms with Crippen LogP contribution >= 0.6 is 0 Å². The van der Waals surface area contributed by atoms with Gasteiger partial charge in [0.05, 0.1) is 0 Å². The van der Waals surface area contributed by atoms with Crippen LogP contribution in [-0.2, 0) is 0 Å². The molecule has 3 heteroatoms. The van der Waals surface area contributed by atoms with E-state index in [-0.39, 0.29) is 0 Å². The van der Waals surface area contributed by atoms with Gasteiger partial charge in [-0.2, -0.15) is 0 Å². The monoisotopic (exact) mass is 261 g/mol. The van der Waals surface area contributed by atoms with Crippen molar-refractivity contribution in [1.82, 2.24) is 15.5 Å². The summed E-state index contributed by atoms with van der Waals surface area (Å²) in [6.07, 6.45) is 0. The lowest BCUT2D eigenvalue weighted by molar-refractivity contribution is 0.209. The Bertz CT molecular complexity index is 442. The Balaban J connectivity index is 2.29. The van der Waals surface area contributed by atoms with Crippen LogP contribution < -0.4 is 10.6 Å². The van der Waals surface area contributed by atoms with Crippen LogP contribution in [0.3, 0.4) is 0 Å².